The van der Waals surface area contributed by atoms with Crippen LogP contribution in [0.3, 0.4) is 0 Å². The highest BCUT2D eigenvalue weighted by atomic mass is 32.1. The topological polar surface area (TPSA) is 31.4 Å². The lowest BCUT2D eigenvalue weighted by atomic mass is 10.3. The Morgan fingerprint density at radius 3 is 2.50 bits per heavy atom. The molecule has 114 valence electrons. The van der Waals surface area contributed by atoms with Gasteiger partial charge in [0.1, 0.15) is 0 Å². The van der Waals surface area contributed by atoms with Crippen LogP contribution in [0, 0.1) is 6.92 Å². The van der Waals surface area contributed by atoms with Crippen LogP contribution in [-0.2, 0) is 13.0 Å². The molecule has 0 saturated carbocycles. The van der Waals surface area contributed by atoms with Gasteiger partial charge in [-0.3, -0.25) is 0 Å². The molecule has 1 aromatic rings. The minimum atomic E-state index is 0.967. The van der Waals surface area contributed by atoms with E-state index >= 15 is 0 Å². The van der Waals surface area contributed by atoms with Gasteiger partial charge >= 0.3 is 0 Å². The number of likely N-dealkylation sites (N-methyl/N-ethyl adjacent to an activating group) is 1. The van der Waals surface area contributed by atoms with Crippen LogP contribution in [0.25, 0.3) is 0 Å². The number of nitrogens with one attached hydrogen (secondary N) is 1. The maximum Gasteiger partial charge on any atom is 0.0944 e. The third-order valence-corrected chi connectivity index (χ3v) is 5.24. The molecule has 4 nitrogen and oxygen atoms in total. The molecule has 0 spiro atoms. The predicted molar refractivity (Wildman–Crippen MR) is 86.5 cm³/mol. The van der Waals surface area contributed by atoms with Crippen LogP contribution >= 0.6 is 11.3 Å². The van der Waals surface area contributed by atoms with Gasteiger partial charge in [0.25, 0.3) is 0 Å². The SMILES string of the molecule is CCNCc1sc(CCN2CCN(CC)CC2)nc1C. The van der Waals surface area contributed by atoms with Crippen LogP contribution in [0.15, 0.2) is 0 Å². The van der Waals surface area contributed by atoms with Crippen LogP contribution in [0.2, 0.25) is 0 Å². The number of thiazole rings is 1. The molecule has 1 aliphatic heterocycles. The molecule has 1 saturated heterocycles. The minimum Gasteiger partial charge on any atom is -0.312 e. The molecule has 1 fully saturated rings. The Labute approximate surface area is 127 Å². The van der Waals surface area contributed by atoms with Crippen molar-refractivity contribution in [1.29, 1.82) is 0 Å². The van der Waals surface area contributed by atoms with Crippen molar-refractivity contribution in [2.24, 2.45) is 0 Å². The first-order chi connectivity index (χ1) is 9.72. The highest BCUT2D eigenvalue weighted by Crippen LogP contribution is 2.18. The summed E-state index contributed by atoms with van der Waals surface area (Å²) in [5.74, 6) is 0. The van der Waals surface area contributed by atoms with E-state index in [1.807, 2.05) is 11.3 Å². The minimum absolute atomic E-state index is 0.967. The van der Waals surface area contributed by atoms with Crippen molar-refractivity contribution in [3.05, 3.63) is 15.6 Å². The summed E-state index contributed by atoms with van der Waals surface area (Å²) in [6, 6.07) is 0. The molecule has 0 radical (unpaired) electrons. The van der Waals surface area contributed by atoms with Crippen LogP contribution in [0.4, 0.5) is 0 Å². The number of rotatable bonds is 7. The summed E-state index contributed by atoms with van der Waals surface area (Å²) in [6.07, 6.45) is 1.10. The van der Waals surface area contributed by atoms with E-state index in [4.69, 9.17) is 4.98 Å². The molecular formula is C15H28N4S. The lowest BCUT2D eigenvalue weighted by molar-refractivity contribution is 0.138. The first-order valence-corrected chi connectivity index (χ1v) is 8.65. The van der Waals surface area contributed by atoms with E-state index in [2.05, 4.69) is 35.9 Å². The van der Waals surface area contributed by atoms with Gasteiger partial charge in [-0.2, -0.15) is 0 Å². The molecule has 20 heavy (non-hydrogen) atoms. The molecule has 0 atom stereocenters. The summed E-state index contributed by atoms with van der Waals surface area (Å²) < 4.78 is 0. The second-order valence-corrected chi connectivity index (χ2v) is 6.59. The van der Waals surface area contributed by atoms with E-state index in [1.54, 1.807) is 0 Å². The highest BCUT2D eigenvalue weighted by molar-refractivity contribution is 7.11. The van der Waals surface area contributed by atoms with Gasteiger partial charge in [-0.15, -0.1) is 11.3 Å². The van der Waals surface area contributed by atoms with Gasteiger partial charge in [0.05, 0.1) is 10.7 Å². The zero-order valence-corrected chi connectivity index (χ0v) is 13.9. The molecule has 0 unspecified atom stereocenters. The maximum absolute atomic E-state index is 4.72. The van der Waals surface area contributed by atoms with Crippen molar-refractivity contribution in [3.63, 3.8) is 0 Å². The molecule has 2 heterocycles. The molecule has 0 bridgehead atoms. The van der Waals surface area contributed by atoms with Crippen LogP contribution in [0.5, 0.6) is 0 Å². The van der Waals surface area contributed by atoms with E-state index in [0.717, 1.165) is 26.1 Å². The first kappa shape index (κ1) is 15.9. The summed E-state index contributed by atoms with van der Waals surface area (Å²) in [4.78, 5) is 11.2. The number of aromatic nitrogens is 1. The van der Waals surface area contributed by atoms with E-state index in [0.29, 0.717) is 0 Å². The second-order valence-electron chi connectivity index (χ2n) is 5.42. The maximum atomic E-state index is 4.72. The lowest BCUT2D eigenvalue weighted by Gasteiger charge is -2.33. The Morgan fingerprint density at radius 1 is 1.15 bits per heavy atom. The molecule has 1 aliphatic rings. The molecule has 1 N–H and O–H groups in total. The monoisotopic (exact) mass is 296 g/mol. The number of hydrogen-bond acceptors (Lipinski definition) is 5. The summed E-state index contributed by atoms with van der Waals surface area (Å²) in [7, 11) is 0. The van der Waals surface area contributed by atoms with Crippen LogP contribution in [-0.4, -0.2) is 60.6 Å². The summed E-state index contributed by atoms with van der Waals surface area (Å²) in [5.41, 5.74) is 1.21. The van der Waals surface area contributed by atoms with Crippen molar-refractivity contribution in [2.45, 2.75) is 33.7 Å². The van der Waals surface area contributed by atoms with Gasteiger partial charge < -0.3 is 15.1 Å². The van der Waals surface area contributed by atoms with Crippen molar-refractivity contribution < 1.29 is 0 Å². The number of nitrogens with zero attached hydrogens (tertiary/aromatic N) is 3. The van der Waals surface area contributed by atoms with Gasteiger partial charge in [0.15, 0.2) is 0 Å². The van der Waals surface area contributed by atoms with E-state index in [9.17, 15) is 0 Å². The highest BCUT2D eigenvalue weighted by Gasteiger charge is 2.16. The fourth-order valence-corrected chi connectivity index (χ4v) is 3.61. The van der Waals surface area contributed by atoms with Crippen molar-refractivity contribution in [3.8, 4) is 0 Å². The van der Waals surface area contributed by atoms with Crippen molar-refractivity contribution >= 4 is 11.3 Å². The Morgan fingerprint density at radius 2 is 1.85 bits per heavy atom. The standard InChI is InChI=1S/C15H28N4S/c1-4-16-12-14-13(3)17-15(20-14)6-7-19-10-8-18(5-2)9-11-19/h16H,4-12H2,1-3H3. The number of piperazine rings is 1. The molecule has 0 aromatic carbocycles. The molecule has 5 heteroatoms. The van der Waals surface area contributed by atoms with Gasteiger partial charge in [0.2, 0.25) is 0 Å². The van der Waals surface area contributed by atoms with Crippen molar-refractivity contribution in [2.75, 3.05) is 45.8 Å². The molecule has 0 aliphatic carbocycles. The van der Waals surface area contributed by atoms with Gasteiger partial charge in [-0.25, -0.2) is 4.98 Å². The quantitative estimate of drug-likeness (QED) is 0.830. The summed E-state index contributed by atoms with van der Waals surface area (Å²) in [5, 5.41) is 4.69. The fourth-order valence-electron chi connectivity index (χ4n) is 2.58. The van der Waals surface area contributed by atoms with Crippen LogP contribution in [0.1, 0.15) is 29.4 Å². The van der Waals surface area contributed by atoms with E-state index < -0.39 is 0 Å². The lowest BCUT2D eigenvalue weighted by Crippen LogP contribution is -2.46. The van der Waals surface area contributed by atoms with Crippen molar-refractivity contribution in [1.82, 2.24) is 20.1 Å². The predicted octanol–water partition coefficient (Wildman–Crippen LogP) is 1.74. The number of hydrogen-bond donors (Lipinski definition) is 1. The summed E-state index contributed by atoms with van der Waals surface area (Å²) in [6.45, 7) is 15.7. The molecule has 2 rings (SSSR count). The van der Waals surface area contributed by atoms with Gasteiger partial charge in [-0.1, -0.05) is 13.8 Å². The van der Waals surface area contributed by atoms with Crippen LogP contribution < -0.4 is 5.32 Å². The number of aryl methyl sites for hydroxylation is 1. The zero-order chi connectivity index (χ0) is 14.4. The molecular weight excluding hydrogens is 268 g/mol. The first-order valence-electron chi connectivity index (χ1n) is 7.83. The Kier molecular flexibility index (Phi) is 6.42. The normalized spacial score (nSPS) is 17.8. The Bertz CT molecular complexity index is 397. The third kappa shape index (κ3) is 4.52. The largest absolute Gasteiger partial charge is 0.312 e. The van der Waals surface area contributed by atoms with Gasteiger partial charge in [-0.05, 0) is 20.0 Å². The van der Waals surface area contributed by atoms with E-state index in [1.165, 1.54) is 48.3 Å². The van der Waals surface area contributed by atoms with Gasteiger partial charge in [0, 0.05) is 50.6 Å². The Hall–Kier alpha value is -0.490. The Balaban J connectivity index is 1.76. The second kappa shape index (κ2) is 8.08. The average molecular weight is 296 g/mol. The van der Waals surface area contributed by atoms with E-state index in [-0.39, 0.29) is 0 Å². The smallest absolute Gasteiger partial charge is 0.0944 e. The molecule has 0 amide bonds. The summed E-state index contributed by atoms with van der Waals surface area (Å²) >= 11 is 1.88. The fraction of sp³-hybridized carbons (Fsp3) is 0.800. The third-order valence-electron chi connectivity index (χ3n) is 4.03. The molecule has 1 aromatic heterocycles. The zero-order valence-electron chi connectivity index (χ0n) is 13.1. The average Bonchev–Trinajstić information content (AvgIpc) is 2.84.